The highest BCUT2D eigenvalue weighted by Crippen LogP contribution is 2.22. The van der Waals surface area contributed by atoms with Crippen molar-refractivity contribution in [2.75, 3.05) is 0 Å². The summed E-state index contributed by atoms with van der Waals surface area (Å²) < 4.78 is 12.5. The second kappa shape index (κ2) is 3.42. The SMILES string of the molecule is Cc1ccc(C(C)(C)NF)c(C)n1. The average molecular weight is 182 g/mol. The number of hydrogen-bond acceptors (Lipinski definition) is 2. The third kappa shape index (κ3) is 2.04. The van der Waals surface area contributed by atoms with Crippen LogP contribution in [0.2, 0.25) is 0 Å². The van der Waals surface area contributed by atoms with Gasteiger partial charge in [-0.15, -0.1) is 10.0 Å². The van der Waals surface area contributed by atoms with E-state index in [1.165, 1.54) is 0 Å². The standard InChI is InChI=1S/C10H15FN2/c1-7-5-6-9(8(2)12-7)10(3,4)13-11/h5-6,13H,1-4H3. The van der Waals surface area contributed by atoms with Crippen molar-refractivity contribution in [2.24, 2.45) is 0 Å². The summed E-state index contributed by atoms with van der Waals surface area (Å²) in [6, 6.07) is 3.80. The number of halogens is 1. The Morgan fingerprint density at radius 2 is 1.92 bits per heavy atom. The Morgan fingerprint density at radius 3 is 2.38 bits per heavy atom. The molecule has 1 heterocycles. The quantitative estimate of drug-likeness (QED) is 0.710. The highest BCUT2D eigenvalue weighted by molar-refractivity contribution is 5.27. The molecule has 0 aromatic carbocycles. The molecular weight excluding hydrogens is 167 g/mol. The van der Waals surface area contributed by atoms with E-state index in [1.807, 2.05) is 26.0 Å². The van der Waals surface area contributed by atoms with Crippen molar-refractivity contribution in [2.45, 2.75) is 33.2 Å². The zero-order chi connectivity index (χ0) is 10.1. The van der Waals surface area contributed by atoms with Crippen molar-refractivity contribution in [3.63, 3.8) is 0 Å². The van der Waals surface area contributed by atoms with Gasteiger partial charge in [0.2, 0.25) is 0 Å². The van der Waals surface area contributed by atoms with Gasteiger partial charge in [0.1, 0.15) is 0 Å². The predicted octanol–water partition coefficient (Wildman–Crippen LogP) is 2.41. The van der Waals surface area contributed by atoms with Gasteiger partial charge in [0.25, 0.3) is 0 Å². The van der Waals surface area contributed by atoms with E-state index in [-0.39, 0.29) is 0 Å². The zero-order valence-corrected chi connectivity index (χ0v) is 8.48. The topological polar surface area (TPSA) is 24.9 Å². The molecule has 3 heteroatoms. The van der Waals surface area contributed by atoms with Crippen LogP contribution in [0.3, 0.4) is 0 Å². The zero-order valence-electron chi connectivity index (χ0n) is 8.48. The molecule has 13 heavy (non-hydrogen) atoms. The van der Waals surface area contributed by atoms with Crippen LogP contribution < -0.4 is 5.54 Å². The highest BCUT2D eigenvalue weighted by Gasteiger charge is 2.22. The molecule has 0 saturated heterocycles. The first kappa shape index (κ1) is 10.1. The van der Waals surface area contributed by atoms with Gasteiger partial charge >= 0.3 is 0 Å². The molecule has 72 valence electrons. The average Bonchev–Trinajstić information content (AvgIpc) is 2.03. The van der Waals surface area contributed by atoms with Gasteiger partial charge in [0.05, 0.1) is 5.54 Å². The molecule has 0 amide bonds. The lowest BCUT2D eigenvalue weighted by Crippen LogP contribution is -2.31. The third-order valence-electron chi connectivity index (χ3n) is 2.13. The lowest BCUT2D eigenvalue weighted by atomic mass is 9.94. The molecule has 0 atom stereocenters. The van der Waals surface area contributed by atoms with Crippen molar-refractivity contribution < 1.29 is 4.48 Å². The maximum absolute atomic E-state index is 12.5. The van der Waals surface area contributed by atoms with Gasteiger partial charge < -0.3 is 0 Å². The van der Waals surface area contributed by atoms with Gasteiger partial charge in [-0.05, 0) is 39.3 Å². The van der Waals surface area contributed by atoms with E-state index >= 15 is 0 Å². The van der Waals surface area contributed by atoms with Gasteiger partial charge in [-0.2, -0.15) is 0 Å². The van der Waals surface area contributed by atoms with Crippen LogP contribution in [0.15, 0.2) is 12.1 Å². The lowest BCUT2D eigenvalue weighted by molar-refractivity contribution is 0.202. The largest absolute Gasteiger partial charge is 0.258 e. The molecule has 0 aliphatic carbocycles. The van der Waals surface area contributed by atoms with Crippen LogP contribution in [0.1, 0.15) is 30.8 Å². The Hall–Kier alpha value is -0.960. The second-order valence-electron chi connectivity index (χ2n) is 3.81. The van der Waals surface area contributed by atoms with Gasteiger partial charge in [0, 0.05) is 11.4 Å². The van der Waals surface area contributed by atoms with Crippen LogP contribution >= 0.6 is 0 Å². The number of nitrogens with zero attached hydrogens (tertiary/aromatic N) is 1. The minimum atomic E-state index is -0.662. The van der Waals surface area contributed by atoms with Gasteiger partial charge in [-0.25, -0.2) is 0 Å². The summed E-state index contributed by atoms with van der Waals surface area (Å²) in [4.78, 5) is 4.28. The normalized spacial score (nSPS) is 11.8. The molecule has 1 N–H and O–H groups in total. The number of rotatable bonds is 2. The van der Waals surface area contributed by atoms with Crippen LogP contribution in [0.4, 0.5) is 4.48 Å². The summed E-state index contributed by atoms with van der Waals surface area (Å²) in [5, 5.41) is 0. The van der Waals surface area contributed by atoms with Crippen LogP contribution in [0.5, 0.6) is 0 Å². The van der Waals surface area contributed by atoms with Gasteiger partial charge in [-0.3, -0.25) is 4.98 Å². The third-order valence-corrected chi connectivity index (χ3v) is 2.13. The van der Waals surface area contributed by atoms with E-state index in [9.17, 15) is 4.48 Å². The van der Waals surface area contributed by atoms with Crippen LogP contribution in [0.25, 0.3) is 0 Å². The van der Waals surface area contributed by atoms with Crippen LogP contribution in [-0.2, 0) is 5.54 Å². The maximum Gasteiger partial charge on any atom is 0.0691 e. The van der Waals surface area contributed by atoms with E-state index in [0.717, 1.165) is 17.0 Å². The van der Waals surface area contributed by atoms with Crippen molar-refractivity contribution in [3.05, 3.63) is 29.1 Å². The maximum atomic E-state index is 12.5. The summed E-state index contributed by atoms with van der Waals surface area (Å²) >= 11 is 0. The van der Waals surface area contributed by atoms with Crippen LogP contribution in [0, 0.1) is 13.8 Å². The summed E-state index contributed by atoms with van der Waals surface area (Å²) in [7, 11) is 0. The number of aromatic nitrogens is 1. The molecule has 0 spiro atoms. The first-order valence-electron chi connectivity index (χ1n) is 4.30. The van der Waals surface area contributed by atoms with E-state index in [4.69, 9.17) is 0 Å². The fraction of sp³-hybridized carbons (Fsp3) is 0.500. The highest BCUT2D eigenvalue weighted by atomic mass is 19.2. The van der Waals surface area contributed by atoms with Crippen molar-refractivity contribution in [1.29, 1.82) is 0 Å². The molecule has 1 rings (SSSR count). The molecule has 0 saturated carbocycles. The Labute approximate surface area is 78.1 Å². The van der Waals surface area contributed by atoms with E-state index < -0.39 is 5.54 Å². The molecule has 1 aromatic rings. The van der Waals surface area contributed by atoms with Crippen molar-refractivity contribution >= 4 is 0 Å². The molecule has 0 aliphatic rings. The smallest absolute Gasteiger partial charge is 0.0691 e. The first-order valence-corrected chi connectivity index (χ1v) is 4.30. The van der Waals surface area contributed by atoms with Gasteiger partial charge in [-0.1, -0.05) is 6.07 Å². The number of nitrogens with one attached hydrogen (secondary N) is 1. The Balaban J connectivity index is 3.16. The fourth-order valence-electron chi connectivity index (χ4n) is 1.40. The van der Waals surface area contributed by atoms with Crippen LogP contribution in [-0.4, -0.2) is 4.98 Å². The molecule has 0 unspecified atom stereocenters. The number of aryl methyl sites for hydroxylation is 2. The monoisotopic (exact) mass is 182 g/mol. The van der Waals surface area contributed by atoms with E-state index in [1.54, 1.807) is 19.4 Å². The minimum absolute atomic E-state index is 0.662. The summed E-state index contributed by atoms with van der Waals surface area (Å²) in [5.41, 5.74) is 3.83. The molecule has 0 radical (unpaired) electrons. The summed E-state index contributed by atoms with van der Waals surface area (Å²) in [6.45, 7) is 7.38. The first-order chi connectivity index (χ1) is 5.97. The molecule has 2 nitrogen and oxygen atoms in total. The van der Waals surface area contributed by atoms with E-state index in [2.05, 4.69) is 4.98 Å². The molecular formula is C10H15FN2. The number of hydrogen-bond donors (Lipinski definition) is 1. The van der Waals surface area contributed by atoms with Crippen molar-refractivity contribution in [1.82, 2.24) is 10.5 Å². The Morgan fingerprint density at radius 1 is 1.31 bits per heavy atom. The Bertz CT molecular complexity index is 308. The summed E-state index contributed by atoms with van der Waals surface area (Å²) in [5.74, 6) is 0. The minimum Gasteiger partial charge on any atom is -0.258 e. The molecule has 0 bridgehead atoms. The number of pyridine rings is 1. The Kier molecular flexibility index (Phi) is 2.66. The van der Waals surface area contributed by atoms with E-state index in [0.29, 0.717) is 0 Å². The second-order valence-corrected chi connectivity index (χ2v) is 3.81. The summed E-state index contributed by atoms with van der Waals surface area (Å²) in [6.07, 6.45) is 0. The molecule has 0 aliphatic heterocycles. The van der Waals surface area contributed by atoms with Gasteiger partial charge in [0.15, 0.2) is 0 Å². The molecule has 0 fully saturated rings. The fourth-order valence-corrected chi connectivity index (χ4v) is 1.40. The van der Waals surface area contributed by atoms with Crippen molar-refractivity contribution in [3.8, 4) is 0 Å². The molecule has 1 aromatic heterocycles. The lowest BCUT2D eigenvalue weighted by Gasteiger charge is -2.23. The predicted molar refractivity (Wildman–Crippen MR) is 51.0 cm³/mol.